The fourth-order valence-electron chi connectivity index (χ4n) is 3.67. The molecule has 1 saturated carbocycles. The van der Waals surface area contributed by atoms with E-state index in [4.69, 9.17) is 4.74 Å². The lowest BCUT2D eigenvalue weighted by Crippen LogP contribution is -2.51. The van der Waals surface area contributed by atoms with Crippen molar-refractivity contribution in [3.05, 3.63) is 0 Å². The summed E-state index contributed by atoms with van der Waals surface area (Å²) in [6.07, 6.45) is 10.7. The van der Waals surface area contributed by atoms with E-state index >= 15 is 0 Å². The van der Waals surface area contributed by atoms with Crippen molar-refractivity contribution in [2.45, 2.75) is 83.8 Å². The lowest BCUT2D eigenvalue weighted by atomic mass is 9.83. The maximum absolute atomic E-state index is 5.90. The molecular weight excluding hydrogens is 222 g/mol. The summed E-state index contributed by atoms with van der Waals surface area (Å²) in [7, 11) is 1.88. The van der Waals surface area contributed by atoms with Gasteiger partial charge < -0.3 is 10.1 Å². The van der Waals surface area contributed by atoms with Crippen molar-refractivity contribution in [1.82, 2.24) is 5.32 Å². The highest BCUT2D eigenvalue weighted by molar-refractivity contribution is 4.91. The first-order valence-electron chi connectivity index (χ1n) is 8.00. The van der Waals surface area contributed by atoms with Crippen LogP contribution in [-0.4, -0.2) is 25.3 Å². The Bertz CT molecular complexity index is 199. The lowest BCUT2D eigenvalue weighted by molar-refractivity contribution is -0.0502. The molecule has 0 bridgehead atoms. The minimum atomic E-state index is 0.0363. The van der Waals surface area contributed by atoms with Crippen molar-refractivity contribution in [2.24, 2.45) is 5.92 Å². The van der Waals surface area contributed by atoms with Crippen molar-refractivity contribution in [3.8, 4) is 0 Å². The number of hydrogen-bond donors (Lipinski definition) is 1. The van der Waals surface area contributed by atoms with Gasteiger partial charge in [-0.1, -0.05) is 46.5 Å². The summed E-state index contributed by atoms with van der Waals surface area (Å²) in [6, 6.07) is 0.517. The molecule has 1 rings (SSSR count). The van der Waals surface area contributed by atoms with Gasteiger partial charge in [0.25, 0.3) is 0 Å². The molecule has 0 spiro atoms. The van der Waals surface area contributed by atoms with E-state index < -0.39 is 0 Å². The molecule has 0 aromatic heterocycles. The predicted molar refractivity (Wildman–Crippen MR) is 79.0 cm³/mol. The molecule has 0 saturated heterocycles. The number of hydrogen-bond acceptors (Lipinski definition) is 2. The number of likely N-dealkylation sites (N-methyl/N-ethyl adjacent to an activating group) is 1. The molecule has 1 fully saturated rings. The van der Waals surface area contributed by atoms with E-state index in [0.717, 1.165) is 25.3 Å². The summed E-state index contributed by atoms with van der Waals surface area (Å²) in [6.45, 7) is 7.76. The van der Waals surface area contributed by atoms with Crippen LogP contribution >= 0.6 is 0 Å². The summed E-state index contributed by atoms with van der Waals surface area (Å²) in [5.41, 5.74) is 0.0363. The summed E-state index contributed by atoms with van der Waals surface area (Å²) >= 11 is 0. The first-order chi connectivity index (χ1) is 8.72. The zero-order valence-electron chi connectivity index (χ0n) is 12.9. The number of rotatable bonds is 9. The predicted octanol–water partition coefficient (Wildman–Crippen LogP) is 4.14. The minimum Gasteiger partial charge on any atom is -0.377 e. The Kier molecular flexibility index (Phi) is 7.25. The van der Waals surface area contributed by atoms with Crippen LogP contribution in [0.15, 0.2) is 0 Å². The zero-order chi connectivity index (χ0) is 13.4. The van der Waals surface area contributed by atoms with Gasteiger partial charge in [-0.05, 0) is 38.1 Å². The van der Waals surface area contributed by atoms with Crippen molar-refractivity contribution in [2.75, 3.05) is 13.7 Å². The highest BCUT2D eigenvalue weighted by Gasteiger charge is 2.35. The molecule has 108 valence electrons. The van der Waals surface area contributed by atoms with Gasteiger partial charge in [0, 0.05) is 13.2 Å². The molecule has 2 nitrogen and oxygen atoms in total. The molecular formula is C16H33NO. The van der Waals surface area contributed by atoms with Crippen LogP contribution in [0, 0.1) is 5.92 Å². The first-order valence-corrected chi connectivity index (χ1v) is 8.00. The molecule has 1 aliphatic carbocycles. The molecule has 18 heavy (non-hydrogen) atoms. The van der Waals surface area contributed by atoms with Gasteiger partial charge in [-0.15, -0.1) is 0 Å². The van der Waals surface area contributed by atoms with E-state index in [-0.39, 0.29) is 5.60 Å². The lowest BCUT2D eigenvalue weighted by Gasteiger charge is -2.39. The van der Waals surface area contributed by atoms with Crippen LogP contribution in [0.5, 0.6) is 0 Å². The summed E-state index contributed by atoms with van der Waals surface area (Å²) in [5, 5.41) is 3.68. The Morgan fingerprint density at radius 1 is 1.17 bits per heavy atom. The van der Waals surface area contributed by atoms with Crippen molar-refractivity contribution in [1.29, 1.82) is 0 Å². The second kappa shape index (κ2) is 8.16. The molecule has 0 radical (unpaired) electrons. The maximum atomic E-state index is 5.90. The molecule has 1 atom stereocenters. The average molecular weight is 255 g/mol. The van der Waals surface area contributed by atoms with Crippen LogP contribution in [0.4, 0.5) is 0 Å². The molecule has 1 aliphatic rings. The molecule has 1 N–H and O–H groups in total. The van der Waals surface area contributed by atoms with Crippen LogP contribution in [0.1, 0.15) is 72.1 Å². The topological polar surface area (TPSA) is 21.3 Å². The van der Waals surface area contributed by atoms with E-state index in [2.05, 4.69) is 26.1 Å². The number of nitrogens with one attached hydrogen (secondary N) is 1. The van der Waals surface area contributed by atoms with Gasteiger partial charge in [-0.3, -0.25) is 0 Å². The van der Waals surface area contributed by atoms with Crippen molar-refractivity contribution in [3.63, 3.8) is 0 Å². The third-order valence-electron chi connectivity index (χ3n) is 5.03. The molecule has 0 aromatic rings. The average Bonchev–Trinajstić information content (AvgIpc) is 2.91. The summed E-state index contributed by atoms with van der Waals surface area (Å²) in [4.78, 5) is 0. The van der Waals surface area contributed by atoms with Crippen molar-refractivity contribution < 1.29 is 4.74 Å². The van der Waals surface area contributed by atoms with E-state index in [1.54, 1.807) is 0 Å². The summed E-state index contributed by atoms with van der Waals surface area (Å²) < 4.78 is 5.90. The molecule has 0 heterocycles. The largest absolute Gasteiger partial charge is 0.377 e. The fourth-order valence-corrected chi connectivity index (χ4v) is 3.67. The Hall–Kier alpha value is -0.0800. The first kappa shape index (κ1) is 16.0. The standard InChI is InChI=1S/C16H33NO/c1-5-16(6-2,18-4)15(17-7-3)13-12-14-10-8-9-11-14/h14-15,17H,5-13H2,1-4H3. The molecule has 2 heteroatoms. The zero-order valence-corrected chi connectivity index (χ0v) is 12.9. The van der Waals surface area contributed by atoms with E-state index in [9.17, 15) is 0 Å². The SMILES string of the molecule is CCNC(CCC1CCCC1)C(CC)(CC)OC. The smallest absolute Gasteiger partial charge is 0.0825 e. The van der Waals surface area contributed by atoms with Crippen LogP contribution < -0.4 is 5.32 Å². The Morgan fingerprint density at radius 3 is 2.22 bits per heavy atom. The van der Waals surface area contributed by atoms with Crippen LogP contribution in [-0.2, 0) is 4.74 Å². The maximum Gasteiger partial charge on any atom is 0.0825 e. The third-order valence-corrected chi connectivity index (χ3v) is 5.03. The van der Waals surface area contributed by atoms with Gasteiger partial charge >= 0.3 is 0 Å². The number of ether oxygens (including phenoxy) is 1. The van der Waals surface area contributed by atoms with E-state index in [0.29, 0.717) is 6.04 Å². The van der Waals surface area contributed by atoms with Gasteiger partial charge in [0.2, 0.25) is 0 Å². The van der Waals surface area contributed by atoms with Crippen molar-refractivity contribution >= 4 is 0 Å². The van der Waals surface area contributed by atoms with Gasteiger partial charge in [0.15, 0.2) is 0 Å². The minimum absolute atomic E-state index is 0.0363. The van der Waals surface area contributed by atoms with E-state index in [1.807, 2.05) is 7.11 Å². The van der Waals surface area contributed by atoms with Crippen LogP contribution in [0.25, 0.3) is 0 Å². The van der Waals surface area contributed by atoms with Crippen LogP contribution in [0.2, 0.25) is 0 Å². The highest BCUT2D eigenvalue weighted by atomic mass is 16.5. The van der Waals surface area contributed by atoms with Gasteiger partial charge in [0.1, 0.15) is 0 Å². The quantitative estimate of drug-likeness (QED) is 0.668. The Labute approximate surface area is 114 Å². The molecule has 1 unspecified atom stereocenters. The number of methoxy groups -OCH3 is 1. The molecule has 0 aromatic carbocycles. The molecule has 0 amide bonds. The normalized spacial score (nSPS) is 19.3. The third kappa shape index (κ3) is 3.96. The van der Waals surface area contributed by atoms with Gasteiger partial charge in [-0.25, -0.2) is 0 Å². The second-order valence-corrected chi connectivity index (χ2v) is 5.81. The summed E-state index contributed by atoms with van der Waals surface area (Å²) in [5.74, 6) is 0.981. The van der Waals surface area contributed by atoms with Gasteiger partial charge in [-0.2, -0.15) is 0 Å². The van der Waals surface area contributed by atoms with Gasteiger partial charge in [0.05, 0.1) is 5.60 Å². The second-order valence-electron chi connectivity index (χ2n) is 5.81. The van der Waals surface area contributed by atoms with E-state index in [1.165, 1.54) is 38.5 Å². The Morgan fingerprint density at radius 2 is 1.78 bits per heavy atom. The molecule has 0 aliphatic heterocycles. The van der Waals surface area contributed by atoms with Crippen LogP contribution in [0.3, 0.4) is 0 Å². The monoisotopic (exact) mass is 255 g/mol. The fraction of sp³-hybridized carbons (Fsp3) is 1.00. The highest BCUT2D eigenvalue weighted by Crippen LogP contribution is 2.32. The Balaban J connectivity index is 2.55.